The van der Waals surface area contributed by atoms with E-state index in [-0.39, 0.29) is 6.03 Å². The number of nitrogens with zero attached hydrogens (tertiary/aromatic N) is 1. The molecule has 0 saturated carbocycles. The molecule has 1 aliphatic heterocycles. The number of amides is 4. The van der Waals surface area contributed by atoms with Crippen molar-refractivity contribution in [1.82, 2.24) is 10.2 Å². The van der Waals surface area contributed by atoms with Crippen LogP contribution in [0.25, 0.3) is 0 Å². The van der Waals surface area contributed by atoms with Crippen molar-refractivity contribution in [1.29, 1.82) is 0 Å². The molecule has 1 unspecified atom stereocenters. The Kier molecular flexibility index (Phi) is 8.11. The van der Waals surface area contributed by atoms with Gasteiger partial charge in [0.2, 0.25) is 0 Å². The first-order valence-electron chi connectivity index (χ1n) is 10.6. The van der Waals surface area contributed by atoms with Crippen LogP contribution in [-0.2, 0) is 9.53 Å². The lowest BCUT2D eigenvalue weighted by Gasteiger charge is -2.35. The second kappa shape index (κ2) is 11.0. The molecule has 1 heterocycles. The van der Waals surface area contributed by atoms with Crippen LogP contribution in [0.4, 0.5) is 21.0 Å². The fourth-order valence-electron chi connectivity index (χ4n) is 3.63. The summed E-state index contributed by atoms with van der Waals surface area (Å²) < 4.78 is 5.77. The zero-order chi connectivity index (χ0) is 24.0. The van der Waals surface area contributed by atoms with Crippen molar-refractivity contribution in [2.24, 2.45) is 0 Å². The number of carbonyl (C=O) groups excluding carboxylic acids is 3. The molecular weight excluding hydrogens is 488 g/mol. The highest BCUT2D eigenvalue weighted by atomic mass is 79.9. The fourth-order valence-corrected chi connectivity index (χ4v) is 4.02. The Morgan fingerprint density at radius 3 is 2.61 bits per heavy atom. The van der Waals surface area contributed by atoms with Gasteiger partial charge in [-0.2, -0.15) is 0 Å². The summed E-state index contributed by atoms with van der Waals surface area (Å²) in [5, 5.41) is 8.47. The number of anilines is 2. The Hall–Kier alpha value is -3.33. The fraction of sp³-hybridized carbons (Fsp3) is 0.292. The number of urea groups is 2. The normalized spacial score (nSPS) is 15.7. The Morgan fingerprint density at radius 1 is 1.15 bits per heavy atom. The first kappa shape index (κ1) is 24.3. The minimum atomic E-state index is -0.698. The Morgan fingerprint density at radius 2 is 1.91 bits per heavy atom. The van der Waals surface area contributed by atoms with Gasteiger partial charge in [-0.15, -0.1) is 0 Å². The van der Waals surface area contributed by atoms with Gasteiger partial charge >= 0.3 is 18.0 Å². The van der Waals surface area contributed by atoms with Crippen LogP contribution < -0.4 is 16.0 Å². The number of rotatable bonds is 7. The van der Waals surface area contributed by atoms with E-state index in [1.807, 2.05) is 25.1 Å². The van der Waals surface area contributed by atoms with E-state index in [1.54, 1.807) is 42.2 Å². The van der Waals surface area contributed by atoms with Gasteiger partial charge in [0.25, 0.3) is 0 Å². The maximum atomic E-state index is 12.8. The third-order valence-electron chi connectivity index (χ3n) is 5.34. The summed E-state index contributed by atoms with van der Waals surface area (Å²) in [5.74, 6) is -0.510. The second-order valence-corrected chi connectivity index (χ2v) is 8.42. The Labute approximate surface area is 201 Å². The predicted octanol–water partition coefficient (Wildman–Crippen LogP) is 5.41. The molecule has 0 saturated heterocycles. The van der Waals surface area contributed by atoms with Gasteiger partial charge in [0.05, 0.1) is 24.4 Å². The van der Waals surface area contributed by atoms with E-state index in [9.17, 15) is 14.4 Å². The molecule has 0 radical (unpaired) electrons. The SMILES string of the molecule is CCCCN1C(=O)NC(c2cccc(NC(=O)Nc3ccccc3Br)c2)C(C(=O)OC)=C1C. The molecule has 0 aromatic heterocycles. The van der Waals surface area contributed by atoms with E-state index in [0.29, 0.717) is 34.8 Å². The standard InChI is InChI=1S/C24H27BrN4O4/c1-4-5-13-29-15(2)20(22(30)33-3)21(28-24(29)32)16-9-8-10-17(14-16)26-23(31)27-19-12-7-6-11-18(19)25/h6-12,14,21H,4-5,13H2,1-3H3,(H,28,32)(H2,26,27,31). The summed E-state index contributed by atoms with van der Waals surface area (Å²) in [7, 11) is 1.32. The lowest BCUT2D eigenvalue weighted by Crippen LogP contribution is -2.48. The van der Waals surface area contributed by atoms with Crippen LogP contribution in [0.2, 0.25) is 0 Å². The number of nitrogens with one attached hydrogen (secondary N) is 3. The number of esters is 1. The van der Waals surface area contributed by atoms with E-state index in [2.05, 4.69) is 31.9 Å². The smallest absolute Gasteiger partial charge is 0.337 e. The van der Waals surface area contributed by atoms with Crippen molar-refractivity contribution in [3.05, 3.63) is 69.8 Å². The average molecular weight is 515 g/mol. The van der Waals surface area contributed by atoms with Gasteiger partial charge in [-0.3, -0.25) is 4.90 Å². The summed E-state index contributed by atoms with van der Waals surface area (Å²) in [6, 6.07) is 12.9. The van der Waals surface area contributed by atoms with Gasteiger partial charge in [-0.05, 0) is 59.1 Å². The number of allylic oxidation sites excluding steroid dienone is 1. The van der Waals surface area contributed by atoms with Crippen LogP contribution in [0.1, 0.15) is 38.3 Å². The predicted molar refractivity (Wildman–Crippen MR) is 131 cm³/mol. The van der Waals surface area contributed by atoms with E-state index in [1.165, 1.54) is 7.11 Å². The molecule has 1 aliphatic rings. The average Bonchev–Trinajstić information content (AvgIpc) is 2.80. The number of halogens is 1. The summed E-state index contributed by atoms with van der Waals surface area (Å²) in [6.45, 7) is 4.30. The third kappa shape index (κ3) is 5.73. The number of benzene rings is 2. The van der Waals surface area contributed by atoms with Crippen molar-refractivity contribution >= 4 is 45.3 Å². The van der Waals surface area contributed by atoms with Gasteiger partial charge in [0, 0.05) is 22.4 Å². The third-order valence-corrected chi connectivity index (χ3v) is 6.03. The lowest BCUT2D eigenvalue weighted by molar-refractivity contribution is -0.136. The molecule has 0 bridgehead atoms. The first-order chi connectivity index (χ1) is 15.8. The molecule has 174 valence electrons. The number of hydrogen-bond acceptors (Lipinski definition) is 4. The number of ether oxygens (including phenoxy) is 1. The number of unbranched alkanes of at least 4 members (excludes halogenated alkanes) is 1. The van der Waals surface area contributed by atoms with E-state index >= 15 is 0 Å². The number of methoxy groups -OCH3 is 1. The zero-order valence-corrected chi connectivity index (χ0v) is 20.4. The topological polar surface area (TPSA) is 99.8 Å². The van der Waals surface area contributed by atoms with Crippen molar-refractivity contribution in [2.75, 3.05) is 24.3 Å². The van der Waals surface area contributed by atoms with Gasteiger partial charge in [0.15, 0.2) is 0 Å². The van der Waals surface area contributed by atoms with Gasteiger partial charge in [-0.25, -0.2) is 14.4 Å². The van der Waals surface area contributed by atoms with Crippen molar-refractivity contribution < 1.29 is 19.1 Å². The highest BCUT2D eigenvalue weighted by Gasteiger charge is 2.36. The maximum absolute atomic E-state index is 12.8. The molecule has 1 atom stereocenters. The maximum Gasteiger partial charge on any atom is 0.337 e. The highest BCUT2D eigenvalue weighted by Crippen LogP contribution is 2.32. The molecule has 8 nitrogen and oxygen atoms in total. The summed E-state index contributed by atoms with van der Waals surface area (Å²) in [5.41, 5.74) is 2.72. The minimum Gasteiger partial charge on any atom is -0.466 e. The van der Waals surface area contributed by atoms with Crippen molar-refractivity contribution in [2.45, 2.75) is 32.7 Å². The quantitative estimate of drug-likeness (QED) is 0.430. The molecule has 0 fully saturated rings. The number of hydrogen-bond donors (Lipinski definition) is 3. The second-order valence-electron chi connectivity index (χ2n) is 7.56. The molecule has 0 aliphatic carbocycles. The molecular formula is C24H27BrN4O4. The van der Waals surface area contributed by atoms with Crippen LogP contribution in [0, 0.1) is 0 Å². The van der Waals surface area contributed by atoms with Gasteiger partial charge < -0.3 is 20.7 Å². The molecule has 33 heavy (non-hydrogen) atoms. The van der Waals surface area contributed by atoms with E-state index < -0.39 is 18.0 Å². The largest absolute Gasteiger partial charge is 0.466 e. The van der Waals surface area contributed by atoms with Crippen LogP contribution >= 0.6 is 15.9 Å². The minimum absolute atomic E-state index is 0.274. The van der Waals surface area contributed by atoms with E-state index in [4.69, 9.17) is 4.74 Å². The van der Waals surface area contributed by atoms with Crippen LogP contribution in [0.3, 0.4) is 0 Å². The molecule has 0 spiro atoms. The summed E-state index contributed by atoms with van der Waals surface area (Å²) in [6.07, 6.45) is 1.74. The number of carbonyl (C=O) groups is 3. The number of para-hydroxylation sites is 1. The zero-order valence-electron chi connectivity index (χ0n) is 18.8. The Bertz CT molecular complexity index is 1090. The highest BCUT2D eigenvalue weighted by molar-refractivity contribution is 9.10. The molecule has 2 aromatic carbocycles. The molecule has 3 rings (SSSR count). The van der Waals surface area contributed by atoms with Crippen LogP contribution in [-0.4, -0.2) is 36.6 Å². The van der Waals surface area contributed by atoms with Gasteiger partial charge in [0.1, 0.15) is 0 Å². The molecule has 3 N–H and O–H groups in total. The molecule has 9 heteroatoms. The van der Waals surface area contributed by atoms with Gasteiger partial charge in [-0.1, -0.05) is 37.6 Å². The van der Waals surface area contributed by atoms with Crippen molar-refractivity contribution in [3.8, 4) is 0 Å². The van der Waals surface area contributed by atoms with Crippen LogP contribution in [0.15, 0.2) is 64.3 Å². The summed E-state index contributed by atoms with van der Waals surface area (Å²) in [4.78, 5) is 39.5. The summed E-state index contributed by atoms with van der Waals surface area (Å²) >= 11 is 3.40. The van der Waals surface area contributed by atoms with Crippen LogP contribution in [0.5, 0.6) is 0 Å². The lowest BCUT2D eigenvalue weighted by atomic mass is 9.94. The van der Waals surface area contributed by atoms with Crippen molar-refractivity contribution in [3.63, 3.8) is 0 Å². The molecule has 4 amide bonds. The monoisotopic (exact) mass is 514 g/mol. The molecule has 2 aromatic rings. The Balaban J connectivity index is 1.86. The van der Waals surface area contributed by atoms with E-state index in [0.717, 1.165) is 17.3 Å². The first-order valence-corrected chi connectivity index (χ1v) is 11.4.